The number of Topliss-reactive ketones (excluding diaryl/α,β-unsaturated/α-hetero) is 1. The Morgan fingerprint density at radius 2 is 1.35 bits per heavy atom. The first kappa shape index (κ1) is 57.5. The number of nitrogens with one attached hydrogen (secondary N) is 6. The number of rotatable bonds is 32. The number of amides is 3. The van der Waals surface area contributed by atoms with Gasteiger partial charge in [-0.15, -0.1) is 0 Å². The number of anilines is 3. The van der Waals surface area contributed by atoms with E-state index in [9.17, 15) is 24.3 Å². The highest BCUT2D eigenvalue weighted by Crippen LogP contribution is 2.36. The summed E-state index contributed by atoms with van der Waals surface area (Å²) in [5, 5.41) is 33.9. The molecule has 3 aromatic rings. The predicted molar refractivity (Wildman–Crippen MR) is 276 cm³/mol. The van der Waals surface area contributed by atoms with E-state index in [4.69, 9.17) is 44.6 Å². The molecule has 71 heavy (non-hydrogen) atoms. The number of aliphatic imine (C=N–C) groups is 1. The predicted octanol–water partition coefficient (Wildman–Crippen LogP) is 6.86. The Kier molecular flexibility index (Phi) is 24.2. The van der Waals surface area contributed by atoms with E-state index in [0.717, 1.165) is 11.3 Å². The van der Waals surface area contributed by atoms with Crippen molar-refractivity contribution in [2.75, 3.05) is 108 Å². The number of ketones is 1. The molecule has 19 heteroatoms. The molecular weight excluding hydrogens is 913 g/mol. The third kappa shape index (κ3) is 22.2. The molecule has 4 rings (SSSR count). The molecule has 1 fully saturated rings. The van der Waals surface area contributed by atoms with Gasteiger partial charge in [-0.05, 0) is 119 Å². The molecule has 1 aliphatic rings. The fourth-order valence-electron chi connectivity index (χ4n) is 7.48. The minimum absolute atomic E-state index is 0.00531. The Balaban J connectivity index is 0.936. The van der Waals surface area contributed by atoms with E-state index in [2.05, 4.69) is 26.6 Å². The molecule has 0 saturated heterocycles. The molecule has 0 bridgehead atoms. The smallest absolute Gasteiger partial charge is 0.407 e. The fourth-order valence-corrected chi connectivity index (χ4v) is 7.48. The van der Waals surface area contributed by atoms with Crippen molar-refractivity contribution in [2.45, 2.75) is 79.2 Å². The second kappa shape index (κ2) is 29.9. The number of primary amides is 1. The zero-order valence-electron chi connectivity index (χ0n) is 42.3. The van der Waals surface area contributed by atoms with E-state index < -0.39 is 23.5 Å². The highest BCUT2D eigenvalue weighted by Gasteiger charge is 2.39. The molecule has 0 spiro atoms. The van der Waals surface area contributed by atoms with Gasteiger partial charge in [-0.25, -0.2) is 4.79 Å². The number of carbonyl (C=O) groups is 4. The van der Waals surface area contributed by atoms with Crippen LogP contribution >= 0.6 is 0 Å². The van der Waals surface area contributed by atoms with Crippen molar-refractivity contribution in [3.63, 3.8) is 0 Å². The second-order valence-electron chi connectivity index (χ2n) is 18.9. The van der Waals surface area contributed by atoms with E-state index in [1.54, 1.807) is 70.2 Å². The minimum Gasteiger partial charge on any atom is -0.506 e. The number of aromatic hydroxyl groups is 1. The second-order valence-corrected chi connectivity index (χ2v) is 18.9. The summed E-state index contributed by atoms with van der Waals surface area (Å²) in [5.41, 5.74) is 10.0. The van der Waals surface area contributed by atoms with Crippen LogP contribution in [0, 0.1) is 16.7 Å². The van der Waals surface area contributed by atoms with Gasteiger partial charge in [0.05, 0.1) is 82.4 Å². The van der Waals surface area contributed by atoms with Crippen LogP contribution in [0.25, 0.3) is 0 Å². The third-order valence-corrected chi connectivity index (χ3v) is 10.8. The molecule has 1 atom stereocenters. The van der Waals surface area contributed by atoms with Gasteiger partial charge in [-0.2, -0.15) is 0 Å². The SMILES string of the molecule is CC(=N)C1C(=O)CC(C)(C)CC1=Nc1ccc(C(N)=O)c(NCCCOCCOCCOCCOCCOCCCNC(=O)c2ccc(NCNc3ccc(CCNC(=O)OC(C)(C)C)cc3O)cc2)c1. The zero-order valence-corrected chi connectivity index (χ0v) is 42.3. The summed E-state index contributed by atoms with van der Waals surface area (Å²) >= 11 is 0. The molecule has 3 amide bonds. The molecule has 1 saturated carbocycles. The molecule has 9 N–H and O–H groups in total. The van der Waals surface area contributed by atoms with Crippen LogP contribution in [0.1, 0.15) is 93.5 Å². The summed E-state index contributed by atoms with van der Waals surface area (Å²) in [6, 6.07) is 17.5. The maximum atomic E-state index is 12.8. The lowest BCUT2D eigenvalue weighted by Gasteiger charge is -2.34. The van der Waals surface area contributed by atoms with Crippen molar-refractivity contribution in [3.8, 4) is 5.75 Å². The van der Waals surface area contributed by atoms with Crippen molar-refractivity contribution in [2.24, 2.45) is 22.1 Å². The number of hydrogen-bond donors (Lipinski definition) is 8. The number of ether oxygens (including phenoxy) is 6. The average molecular weight is 989 g/mol. The summed E-state index contributed by atoms with van der Waals surface area (Å²) in [6.07, 6.45) is 2.40. The summed E-state index contributed by atoms with van der Waals surface area (Å²) in [4.78, 5) is 54.1. The Labute approximate surface area is 418 Å². The first-order chi connectivity index (χ1) is 33.9. The Hall–Kier alpha value is -6.12. The lowest BCUT2D eigenvalue weighted by atomic mass is 9.70. The molecule has 0 radical (unpaired) electrons. The number of alkyl carbamates (subject to hydrolysis) is 1. The van der Waals surface area contributed by atoms with Crippen molar-refractivity contribution >= 4 is 57.9 Å². The fraction of sp³-hybridized carbons (Fsp3) is 0.538. The van der Waals surface area contributed by atoms with E-state index in [1.807, 2.05) is 32.0 Å². The Morgan fingerprint density at radius 3 is 1.93 bits per heavy atom. The van der Waals surface area contributed by atoms with Crippen LogP contribution in [0.3, 0.4) is 0 Å². The molecule has 19 nitrogen and oxygen atoms in total. The first-order valence-corrected chi connectivity index (χ1v) is 24.3. The maximum absolute atomic E-state index is 12.8. The van der Waals surface area contributed by atoms with Gasteiger partial charge in [0, 0.05) is 67.6 Å². The lowest BCUT2D eigenvalue weighted by molar-refractivity contribution is -0.122. The van der Waals surface area contributed by atoms with E-state index in [1.165, 1.54) is 0 Å². The van der Waals surface area contributed by atoms with Crippen LogP contribution in [0.4, 0.5) is 27.5 Å². The normalized spacial score (nSPS) is 15.0. The Bertz CT molecular complexity index is 2210. The molecule has 0 aliphatic heterocycles. The largest absolute Gasteiger partial charge is 0.506 e. The summed E-state index contributed by atoms with van der Waals surface area (Å²) in [5.74, 6) is -1.26. The topological polar surface area (TPSA) is 266 Å². The van der Waals surface area contributed by atoms with Gasteiger partial charge in [-0.1, -0.05) is 19.9 Å². The molecule has 1 aliphatic carbocycles. The van der Waals surface area contributed by atoms with Gasteiger partial charge in [0.2, 0.25) is 0 Å². The van der Waals surface area contributed by atoms with Gasteiger partial charge in [0.15, 0.2) is 0 Å². The van der Waals surface area contributed by atoms with Gasteiger partial charge in [0.1, 0.15) is 17.1 Å². The van der Waals surface area contributed by atoms with E-state index >= 15 is 0 Å². The highest BCUT2D eigenvalue weighted by atomic mass is 16.6. The quantitative estimate of drug-likeness (QED) is 0.0138. The monoisotopic (exact) mass is 989 g/mol. The summed E-state index contributed by atoms with van der Waals surface area (Å²) < 4.78 is 33.2. The van der Waals surface area contributed by atoms with Crippen LogP contribution in [0.15, 0.2) is 65.7 Å². The molecule has 1 unspecified atom stereocenters. The van der Waals surface area contributed by atoms with E-state index in [0.29, 0.717) is 158 Å². The maximum Gasteiger partial charge on any atom is 0.407 e. The number of nitrogens with zero attached hydrogens (tertiary/aromatic N) is 1. The van der Waals surface area contributed by atoms with Crippen LogP contribution in [-0.2, 0) is 39.6 Å². The van der Waals surface area contributed by atoms with Crippen molar-refractivity contribution in [3.05, 3.63) is 77.4 Å². The molecular formula is C52H76N8O11. The molecule has 390 valence electrons. The van der Waals surface area contributed by atoms with Gasteiger partial charge in [-0.3, -0.25) is 19.4 Å². The van der Waals surface area contributed by atoms with Gasteiger partial charge in [0.25, 0.3) is 11.8 Å². The van der Waals surface area contributed by atoms with Gasteiger partial charge >= 0.3 is 6.09 Å². The lowest BCUT2D eigenvalue weighted by Crippen LogP contribution is -2.40. The van der Waals surface area contributed by atoms with Crippen molar-refractivity contribution in [1.82, 2.24) is 10.6 Å². The number of carbonyl (C=O) groups excluding carboxylic acids is 4. The standard InChI is InChI=1S/C52H76N8O11/c1-36(53)47-44(33-52(5,6)34-46(47)62)60-40-14-15-41(48(54)63)43(32-40)55-18-7-21-66-23-25-68-27-29-70-30-28-69-26-24-67-22-8-19-56-49(64)38-10-12-39(13-11-38)58-35-59-42-16-9-37(31-45(42)61)17-20-57-50(65)71-51(2,3)4/h9-16,31-32,47,53,55,58-59,61H,7-8,17-30,33-35H2,1-6H3,(H2,54,63)(H,56,64)(H,57,65). The number of phenols is 1. The highest BCUT2D eigenvalue weighted by molar-refractivity contribution is 6.23. The van der Waals surface area contributed by atoms with Crippen LogP contribution in [0.2, 0.25) is 0 Å². The summed E-state index contributed by atoms with van der Waals surface area (Å²) in [7, 11) is 0. The first-order valence-electron chi connectivity index (χ1n) is 24.3. The minimum atomic E-state index is -0.623. The number of phenolic OH excluding ortho intramolecular Hbond substituents is 1. The Morgan fingerprint density at radius 1 is 0.746 bits per heavy atom. The molecule has 0 heterocycles. The molecule has 0 aromatic heterocycles. The zero-order chi connectivity index (χ0) is 51.7. The third-order valence-electron chi connectivity index (χ3n) is 10.8. The number of hydrogen-bond acceptors (Lipinski definition) is 16. The van der Waals surface area contributed by atoms with Gasteiger partial charge < -0.3 is 71.3 Å². The van der Waals surface area contributed by atoms with Crippen LogP contribution in [-0.4, -0.2) is 138 Å². The summed E-state index contributed by atoms with van der Waals surface area (Å²) in [6.45, 7) is 17.2. The van der Waals surface area contributed by atoms with Crippen molar-refractivity contribution in [1.29, 1.82) is 5.41 Å². The van der Waals surface area contributed by atoms with Crippen LogP contribution < -0.4 is 32.3 Å². The number of nitrogens with two attached hydrogens (primary N) is 1. The molecule has 3 aromatic carbocycles. The van der Waals surface area contributed by atoms with Crippen LogP contribution in [0.5, 0.6) is 5.75 Å². The average Bonchev–Trinajstić information content (AvgIpc) is 3.29. The number of benzene rings is 3. The van der Waals surface area contributed by atoms with Crippen molar-refractivity contribution < 1.29 is 52.7 Å². The van der Waals surface area contributed by atoms with E-state index in [-0.39, 0.29) is 28.6 Å².